The molecular formula is C7H13FOS. The second-order valence-corrected chi connectivity index (χ2v) is 3.71. The molecule has 10 heavy (non-hydrogen) atoms. The van der Waals surface area contributed by atoms with Crippen LogP contribution in [0.2, 0.25) is 0 Å². The maximum atomic E-state index is 12.9. The first-order valence-electron chi connectivity index (χ1n) is 3.10. The van der Waals surface area contributed by atoms with Crippen LogP contribution in [0.3, 0.4) is 0 Å². The van der Waals surface area contributed by atoms with E-state index in [2.05, 4.69) is 0 Å². The predicted molar refractivity (Wildman–Crippen MR) is 42.9 cm³/mol. The molecule has 0 fully saturated rings. The number of Topliss-reactive ketones (excluding diaryl/α,β-unsaturated/α-hetero) is 1. The monoisotopic (exact) mass is 164 g/mol. The minimum atomic E-state index is -1.09. The van der Waals surface area contributed by atoms with E-state index in [1.54, 1.807) is 20.1 Å². The molecule has 0 saturated heterocycles. The van der Waals surface area contributed by atoms with E-state index in [4.69, 9.17) is 0 Å². The van der Waals surface area contributed by atoms with Gasteiger partial charge in [0.2, 0.25) is 0 Å². The molecule has 0 N–H and O–H groups in total. The Labute approximate surface area is 65.4 Å². The van der Waals surface area contributed by atoms with Gasteiger partial charge in [0.15, 0.2) is 5.50 Å². The van der Waals surface area contributed by atoms with Crippen LogP contribution in [0.1, 0.15) is 20.8 Å². The maximum absolute atomic E-state index is 12.9. The first-order chi connectivity index (χ1) is 4.42. The molecule has 0 aromatic carbocycles. The molecule has 1 unspecified atom stereocenters. The molecule has 0 rings (SSSR count). The second-order valence-electron chi connectivity index (χ2n) is 2.83. The number of hydrogen-bond acceptors (Lipinski definition) is 2. The Kier molecular flexibility index (Phi) is 3.36. The fraction of sp³-hybridized carbons (Fsp3) is 0.857. The van der Waals surface area contributed by atoms with Crippen LogP contribution in [-0.4, -0.2) is 17.5 Å². The number of halogens is 1. The van der Waals surface area contributed by atoms with Crippen LogP contribution >= 0.6 is 11.8 Å². The number of thioether (sulfide) groups is 1. The summed E-state index contributed by atoms with van der Waals surface area (Å²) in [5.41, 5.74) is -1.93. The van der Waals surface area contributed by atoms with Crippen molar-refractivity contribution in [2.75, 3.05) is 6.26 Å². The van der Waals surface area contributed by atoms with Gasteiger partial charge in [-0.15, -0.1) is 11.8 Å². The topological polar surface area (TPSA) is 17.1 Å². The van der Waals surface area contributed by atoms with E-state index in [-0.39, 0.29) is 5.78 Å². The molecule has 1 atom stereocenters. The van der Waals surface area contributed by atoms with Gasteiger partial charge in [-0.1, -0.05) is 0 Å². The summed E-state index contributed by atoms with van der Waals surface area (Å²) in [4.78, 5) is 10.8. The molecule has 0 aromatic heterocycles. The molecular weight excluding hydrogens is 151 g/mol. The summed E-state index contributed by atoms with van der Waals surface area (Å²) in [6.45, 7) is 4.66. The lowest BCUT2D eigenvalue weighted by Crippen LogP contribution is -2.30. The average Bonchev–Trinajstić information content (AvgIpc) is 1.86. The number of hydrogen-bond donors (Lipinski definition) is 0. The van der Waals surface area contributed by atoms with Crippen LogP contribution in [0, 0.1) is 5.41 Å². The van der Waals surface area contributed by atoms with Gasteiger partial charge >= 0.3 is 0 Å². The van der Waals surface area contributed by atoms with Crippen molar-refractivity contribution in [2.24, 2.45) is 5.41 Å². The third kappa shape index (κ3) is 1.97. The van der Waals surface area contributed by atoms with E-state index in [9.17, 15) is 9.18 Å². The molecule has 60 valence electrons. The van der Waals surface area contributed by atoms with Crippen LogP contribution in [0.25, 0.3) is 0 Å². The number of alkyl halides is 1. The Morgan fingerprint density at radius 2 is 2.00 bits per heavy atom. The fourth-order valence-corrected chi connectivity index (χ4v) is 1.21. The molecule has 0 aliphatic rings. The first kappa shape index (κ1) is 9.95. The SMILES string of the molecule is CSC(F)C(C)(C)C(C)=O. The quantitative estimate of drug-likeness (QED) is 0.636. The highest BCUT2D eigenvalue weighted by atomic mass is 32.2. The average molecular weight is 164 g/mol. The Bertz CT molecular complexity index is 134. The summed E-state index contributed by atoms with van der Waals surface area (Å²) in [6.07, 6.45) is 1.66. The molecule has 0 bridgehead atoms. The highest BCUT2D eigenvalue weighted by molar-refractivity contribution is 7.99. The lowest BCUT2D eigenvalue weighted by molar-refractivity contribution is -0.126. The molecule has 0 aliphatic heterocycles. The molecule has 0 aromatic rings. The molecule has 0 heterocycles. The minimum absolute atomic E-state index is 0.102. The zero-order chi connectivity index (χ0) is 8.36. The van der Waals surface area contributed by atoms with Gasteiger partial charge in [-0.2, -0.15) is 0 Å². The van der Waals surface area contributed by atoms with E-state index in [1.165, 1.54) is 6.92 Å². The van der Waals surface area contributed by atoms with Gasteiger partial charge < -0.3 is 0 Å². The number of rotatable bonds is 3. The fourth-order valence-electron chi connectivity index (χ4n) is 0.454. The van der Waals surface area contributed by atoms with E-state index in [1.807, 2.05) is 0 Å². The predicted octanol–water partition coefficient (Wildman–Crippen LogP) is 2.26. The molecule has 0 aliphatic carbocycles. The third-order valence-corrected chi connectivity index (χ3v) is 2.68. The number of carbonyl (C=O) groups excluding carboxylic acids is 1. The van der Waals surface area contributed by atoms with Crippen LogP contribution in [-0.2, 0) is 4.79 Å². The zero-order valence-electron chi connectivity index (χ0n) is 6.77. The van der Waals surface area contributed by atoms with Crippen molar-refractivity contribution in [1.82, 2.24) is 0 Å². The molecule has 1 nitrogen and oxygen atoms in total. The van der Waals surface area contributed by atoms with Gasteiger partial charge in [-0.05, 0) is 27.0 Å². The molecule has 0 amide bonds. The van der Waals surface area contributed by atoms with Crippen LogP contribution < -0.4 is 0 Å². The molecule has 3 heteroatoms. The lowest BCUT2D eigenvalue weighted by atomic mass is 9.91. The molecule has 0 spiro atoms. The van der Waals surface area contributed by atoms with Gasteiger partial charge in [0.1, 0.15) is 5.78 Å². The number of carbonyl (C=O) groups is 1. The minimum Gasteiger partial charge on any atom is -0.299 e. The second kappa shape index (κ2) is 3.37. The van der Waals surface area contributed by atoms with Gasteiger partial charge in [0, 0.05) is 0 Å². The smallest absolute Gasteiger partial charge is 0.157 e. The number of ketones is 1. The third-order valence-electron chi connectivity index (χ3n) is 1.68. The highest BCUT2D eigenvalue weighted by Gasteiger charge is 2.33. The summed E-state index contributed by atoms with van der Waals surface area (Å²) >= 11 is 1.07. The van der Waals surface area contributed by atoms with Crippen LogP contribution in [0.15, 0.2) is 0 Å². The van der Waals surface area contributed by atoms with E-state index in [0.29, 0.717) is 0 Å². The standard InChI is InChI=1S/C7H13FOS/c1-5(9)7(2,3)6(8)10-4/h6H,1-4H3. The van der Waals surface area contributed by atoms with Crippen molar-refractivity contribution in [1.29, 1.82) is 0 Å². The first-order valence-corrected chi connectivity index (χ1v) is 4.39. The Balaban J connectivity index is 4.23. The Hall–Kier alpha value is -0.0500. The van der Waals surface area contributed by atoms with Gasteiger partial charge in [0.05, 0.1) is 5.41 Å². The summed E-state index contributed by atoms with van der Waals surface area (Å²) in [5, 5.41) is 0. The zero-order valence-corrected chi connectivity index (χ0v) is 7.59. The molecule has 0 saturated carbocycles. The molecule has 0 radical (unpaired) electrons. The van der Waals surface area contributed by atoms with Gasteiger partial charge in [-0.25, -0.2) is 4.39 Å². The van der Waals surface area contributed by atoms with E-state index >= 15 is 0 Å². The van der Waals surface area contributed by atoms with Gasteiger partial charge in [-0.3, -0.25) is 4.79 Å². The van der Waals surface area contributed by atoms with Crippen molar-refractivity contribution >= 4 is 17.5 Å². The highest BCUT2D eigenvalue weighted by Crippen LogP contribution is 2.31. The Morgan fingerprint density at radius 1 is 1.60 bits per heavy atom. The van der Waals surface area contributed by atoms with Crippen molar-refractivity contribution in [2.45, 2.75) is 26.3 Å². The Morgan fingerprint density at radius 3 is 2.10 bits per heavy atom. The van der Waals surface area contributed by atoms with Crippen molar-refractivity contribution in [3.8, 4) is 0 Å². The van der Waals surface area contributed by atoms with Gasteiger partial charge in [0.25, 0.3) is 0 Å². The van der Waals surface area contributed by atoms with E-state index < -0.39 is 10.9 Å². The summed E-state index contributed by atoms with van der Waals surface area (Å²) in [6, 6.07) is 0. The summed E-state index contributed by atoms with van der Waals surface area (Å²) in [5.74, 6) is -0.102. The van der Waals surface area contributed by atoms with Crippen LogP contribution in [0.5, 0.6) is 0 Å². The lowest BCUT2D eigenvalue weighted by Gasteiger charge is -2.23. The van der Waals surface area contributed by atoms with Crippen molar-refractivity contribution < 1.29 is 9.18 Å². The largest absolute Gasteiger partial charge is 0.299 e. The van der Waals surface area contributed by atoms with E-state index in [0.717, 1.165) is 11.8 Å². The summed E-state index contributed by atoms with van der Waals surface area (Å²) < 4.78 is 12.9. The van der Waals surface area contributed by atoms with Crippen molar-refractivity contribution in [3.05, 3.63) is 0 Å². The normalized spacial score (nSPS) is 14.9. The van der Waals surface area contributed by atoms with Crippen LogP contribution in [0.4, 0.5) is 4.39 Å². The maximum Gasteiger partial charge on any atom is 0.157 e. The summed E-state index contributed by atoms with van der Waals surface area (Å²) in [7, 11) is 0. The van der Waals surface area contributed by atoms with Crippen molar-refractivity contribution in [3.63, 3.8) is 0 Å².